The van der Waals surface area contributed by atoms with Crippen molar-refractivity contribution in [3.05, 3.63) is 35.5 Å². The molecule has 0 amide bonds. The molecule has 1 rings (SSSR count). The van der Waals surface area contributed by atoms with E-state index in [4.69, 9.17) is 0 Å². The van der Waals surface area contributed by atoms with Gasteiger partial charge in [-0.15, -0.1) is 0 Å². The topological polar surface area (TPSA) is 0 Å². The highest BCUT2D eigenvalue weighted by Gasteiger charge is 2.31. The van der Waals surface area contributed by atoms with Crippen LogP contribution in [0.2, 0.25) is 0 Å². The molecule has 174 valence electrons. The van der Waals surface area contributed by atoms with Gasteiger partial charge in [0.25, 0.3) is 0 Å². The van der Waals surface area contributed by atoms with Gasteiger partial charge >= 0.3 is 0 Å². The minimum atomic E-state index is 0.677. The smallest absolute Gasteiger partial charge is 0.0185 e. The van der Waals surface area contributed by atoms with Gasteiger partial charge in [0.2, 0.25) is 0 Å². The average molecular weight is 407 g/mol. The van der Waals surface area contributed by atoms with E-state index in [1.165, 1.54) is 50.5 Å². The van der Waals surface area contributed by atoms with Gasteiger partial charge in [-0.25, -0.2) is 0 Å². The van der Waals surface area contributed by atoms with E-state index in [-0.39, 0.29) is 0 Å². The summed E-state index contributed by atoms with van der Waals surface area (Å²) < 4.78 is 0. The van der Waals surface area contributed by atoms with Crippen LogP contribution in [0.25, 0.3) is 0 Å². The van der Waals surface area contributed by atoms with Crippen LogP contribution in [0.1, 0.15) is 128 Å². The van der Waals surface area contributed by atoms with Crippen molar-refractivity contribution in [2.45, 2.75) is 128 Å². The van der Waals surface area contributed by atoms with Crippen LogP contribution in [0.4, 0.5) is 0 Å². The number of allylic oxidation sites excluding steroid dienone is 5. The Morgan fingerprint density at radius 3 is 2.00 bits per heavy atom. The van der Waals surface area contributed by atoms with E-state index in [1.807, 2.05) is 41.5 Å². The molecule has 29 heavy (non-hydrogen) atoms. The molecule has 3 atom stereocenters. The van der Waals surface area contributed by atoms with E-state index >= 15 is 0 Å². The van der Waals surface area contributed by atoms with E-state index in [1.54, 1.807) is 11.1 Å². The molecule has 0 aliphatic heterocycles. The first-order valence-electron chi connectivity index (χ1n) is 13.0. The van der Waals surface area contributed by atoms with Crippen LogP contribution in [0, 0.1) is 23.7 Å². The fourth-order valence-electron chi connectivity index (χ4n) is 4.43. The summed E-state index contributed by atoms with van der Waals surface area (Å²) in [5.41, 5.74) is 4.41. The predicted octanol–water partition coefficient (Wildman–Crippen LogP) is 10.8. The molecular weight excluding hydrogens is 348 g/mol. The molecule has 0 N–H and O–H groups in total. The average Bonchev–Trinajstić information content (AvgIpc) is 2.73. The van der Waals surface area contributed by atoms with Crippen LogP contribution in [0.15, 0.2) is 35.5 Å². The van der Waals surface area contributed by atoms with Gasteiger partial charge in [0.15, 0.2) is 0 Å². The quantitative estimate of drug-likeness (QED) is 0.334. The molecule has 3 unspecified atom stereocenters. The number of hydrogen-bond acceptors (Lipinski definition) is 0. The fraction of sp³-hybridized carbons (Fsp3) is 0.793. The zero-order chi connectivity index (χ0) is 23.4. The third kappa shape index (κ3) is 13.2. The summed E-state index contributed by atoms with van der Waals surface area (Å²) >= 11 is 0. The molecule has 0 heteroatoms. The SMILES string of the molecule is C=C(C)C1=C(/C=C/CCCCC)C(C)CC(C(CC)C(C)C)C1.CC.CC.CC. The van der Waals surface area contributed by atoms with Crippen LogP contribution in [-0.2, 0) is 0 Å². The normalized spacial score (nSPS) is 19.5. The molecule has 0 aromatic rings. The van der Waals surface area contributed by atoms with E-state index in [2.05, 4.69) is 60.3 Å². The highest BCUT2D eigenvalue weighted by molar-refractivity contribution is 5.41. The Hall–Kier alpha value is -0.780. The summed E-state index contributed by atoms with van der Waals surface area (Å²) in [4.78, 5) is 0. The molecule has 0 radical (unpaired) electrons. The van der Waals surface area contributed by atoms with Crippen molar-refractivity contribution in [1.29, 1.82) is 0 Å². The van der Waals surface area contributed by atoms with E-state index in [9.17, 15) is 0 Å². The van der Waals surface area contributed by atoms with Gasteiger partial charge in [-0.1, -0.05) is 120 Å². The first-order chi connectivity index (χ1) is 13.9. The second-order valence-corrected chi connectivity index (χ2v) is 8.03. The van der Waals surface area contributed by atoms with Crippen molar-refractivity contribution < 1.29 is 0 Å². The molecule has 1 aliphatic carbocycles. The third-order valence-corrected chi connectivity index (χ3v) is 5.72. The lowest BCUT2D eigenvalue weighted by atomic mass is 9.68. The van der Waals surface area contributed by atoms with Crippen molar-refractivity contribution in [2.75, 3.05) is 0 Å². The van der Waals surface area contributed by atoms with E-state index in [0.29, 0.717) is 5.92 Å². The number of unbranched alkanes of at least 4 members (excludes halogenated alkanes) is 3. The molecule has 0 aromatic carbocycles. The van der Waals surface area contributed by atoms with Gasteiger partial charge in [-0.2, -0.15) is 0 Å². The molecule has 0 aromatic heterocycles. The Morgan fingerprint density at radius 2 is 1.59 bits per heavy atom. The minimum absolute atomic E-state index is 0.677. The zero-order valence-electron chi connectivity index (χ0n) is 22.6. The molecule has 1 aliphatic rings. The van der Waals surface area contributed by atoms with Crippen molar-refractivity contribution in [3.63, 3.8) is 0 Å². The monoisotopic (exact) mass is 406 g/mol. The largest absolute Gasteiger partial charge is 0.0958 e. The number of hydrogen-bond donors (Lipinski definition) is 0. The second-order valence-electron chi connectivity index (χ2n) is 8.03. The fourth-order valence-corrected chi connectivity index (χ4v) is 4.43. The van der Waals surface area contributed by atoms with Crippen molar-refractivity contribution in [2.24, 2.45) is 23.7 Å². The van der Waals surface area contributed by atoms with Gasteiger partial charge in [0.1, 0.15) is 0 Å². The third-order valence-electron chi connectivity index (χ3n) is 5.72. The first-order valence-corrected chi connectivity index (χ1v) is 13.0. The van der Waals surface area contributed by atoms with Gasteiger partial charge in [0.05, 0.1) is 0 Å². The maximum atomic E-state index is 4.29. The van der Waals surface area contributed by atoms with E-state index < -0.39 is 0 Å². The molecule has 0 nitrogen and oxygen atoms in total. The highest BCUT2D eigenvalue weighted by Crippen LogP contribution is 2.43. The predicted molar refractivity (Wildman–Crippen MR) is 140 cm³/mol. The van der Waals surface area contributed by atoms with Crippen molar-refractivity contribution >= 4 is 0 Å². The van der Waals surface area contributed by atoms with E-state index in [0.717, 1.165) is 17.8 Å². The number of rotatable bonds is 9. The van der Waals surface area contributed by atoms with Gasteiger partial charge < -0.3 is 0 Å². The van der Waals surface area contributed by atoms with Crippen molar-refractivity contribution in [3.8, 4) is 0 Å². The molecule has 0 saturated carbocycles. The van der Waals surface area contributed by atoms with Gasteiger partial charge in [0, 0.05) is 0 Å². The minimum Gasteiger partial charge on any atom is -0.0958 e. The lowest BCUT2D eigenvalue weighted by Gasteiger charge is -2.37. The summed E-state index contributed by atoms with van der Waals surface area (Å²) in [7, 11) is 0. The molecule has 0 bridgehead atoms. The Morgan fingerprint density at radius 1 is 1.03 bits per heavy atom. The second kappa shape index (κ2) is 21.9. The Labute approximate surface area is 187 Å². The van der Waals surface area contributed by atoms with Crippen LogP contribution in [-0.4, -0.2) is 0 Å². The van der Waals surface area contributed by atoms with Crippen molar-refractivity contribution in [1.82, 2.24) is 0 Å². The van der Waals surface area contributed by atoms with Crippen LogP contribution >= 0.6 is 0 Å². The lowest BCUT2D eigenvalue weighted by Crippen LogP contribution is -2.26. The maximum Gasteiger partial charge on any atom is -0.0185 e. The Balaban J connectivity index is -0.00000103. The molecular formula is C29H58. The highest BCUT2D eigenvalue weighted by atomic mass is 14.4. The Bertz CT molecular complexity index is 421. The summed E-state index contributed by atoms with van der Waals surface area (Å²) in [6.07, 6.45) is 13.9. The summed E-state index contributed by atoms with van der Waals surface area (Å²) in [6, 6.07) is 0. The van der Waals surface area contributed by atoms with Crippen LogP contribution in [0.3, 0.4) is 0 Å². The molecule has 0 fully saturated rings. The maximum absolute atomic E-state index is 4.29. The summed E-state index contributed by atoms with van der Waals surface area (Å²) in [6.45, 7) is 30.3. The first kappa shape index (κ1) is 32.9. The molecule has 0 saturated heterocycles. The standard InChI is InChI=1S/C23H40.3C2H6/c1-8-10-11-12-13-14-22-19(7)15-20(16-23(22)18(5)6)21(9-2)17(3)4;3*1-2/h13-14,17,19-21H,5,8-12,15-16H2,1-4,6-7H3;3*1-2H3/b14-13+;;;. The zero-order valence-corrected chi connectivity index (χ0v) is 22.6. The summed E-state index contributed by atoms with van der Waals surface area (Å²) in [5.74, 6) is 3.14. The van der Waals surface area contributed by atoms with Gasteiger partial charge in [-0.05, 0) is 67.4 Å². The molecule has 0 spiro atoms. The lowest BCUT2D eigenvalue weighted by molar-refractivity contribution is 0.206. The van der Waals surface area contributed by atoms with Crippen LogP contribution in [0.5, 0.6) is 0 Å². The Kier molecular flexibility index (Phi) is 24.8. The van der Waals surface area contributed by atoms with Crippen LogP contribution < -0.4 is 0 Å². The summed E-state index contributed by atoms with van der Waals surface area (Å²) in [5, 5.41) is 0. The van der Waals surface area contributed by atoms with Gasteiger partial charge in [-0.3, -0.25) is 0 Å². The molecule has 0 heterocycles.